The number of nitrogens with zero attached hydrogens (tertiary/aromatic N) is 2. The number of hydrogen-bond donors (Lipinski definition) is 0. The van der Waals surface area contributed by atoms with Gasteiger partial charge in [0, 0.05) is 22.9 Å². The zero-order valence-electron chi connectivity index (χ0n) is 11.2. The topological polar surface area (TPSA) is 66.8 Å². The number of fused-ring (bicyclic) bond motifs is 1. The molecular formula is C13H13ClN2O3S2. The quantitative estimate of drug-likeness (QED) is 0.779. The highest BCUT2D eigenvalue weighted by molar-refractivity contribution is 8.16. The number of carbonyl (C=O) groups excluding carboxylic acids is 1. The lowest BCUT2D eigenvalue weighted by Crippen LogP contribution is -2.37. The van der Waals surface area contributed by atoms with Gasteiger partial charge in [-0.25, -0.2) is 8.42 Å². The first-order valence-electron chi connectivity index (χ1n) is 6.37. The fourth-order valence-corrected chi connectivity index (χ4v) is 6.77. The molecule has 0 saturated carbocycles. The summed E-state index contributed by atoms with van der Waals surface area (Å²) in [5.41, 5.74) is 0.764. The smallest absolute Gasteiger partial charge is 0.244 e. The SMILES string of the molecule is CC(=O)N=C1S[C@@H]2CS(=O)(=O)C[C@H]2N1c1cccc(Cl)c1. The van der Waals surface area contributed by atoms with E-state index < -0.39 is 9.84 Å². The van der Waals surface area contributed by atoms with E-state index in [0.717, 1.165) is 5.69 Å². The van der Waals surface area contributed by atoms with Gasteiger partial charge in [0.2, 0.25) is 5.91 Å². The van der Waals surface area contributed by atoms with E-state index in [2.05, 4.69) is 4.99 Å². The van der Waals surface area contributed by atoms with Crippen LogP contribution in [0.5, 0.6) is 0 Å². The van der Waals surface area contributed by atoms with Crippen LogP contribution in [0, 0.1) is 0 Å². The van der Waals surface area contributed by atoms with Gasteiger partial charge in [0.1, 0.15) is 0 Å². The highest BCUT2D eigenvalue weighted by Crippen LogP contribution is 2.41. The molecule has 1 aromatic carbocycles. The molecular weight excluding hydrogens is 332 g/mol. The van der Waals surface area contributed by atoms with Gasteiger partial charge in [-0.1, -0.05) is 29.4 Å². The lowest BCUT2D eigenvalue weighted by atomic mass is 10.2. The monoisotopic (exact) mass is 344 g/mol. The molecule has 2 atom stereocenters. The molecule has 0 aliphatic carbocycles. The van der Waals surface area contributed by atoms with Crippen molar-refractivity contribution in [1.29, 1.82) is 0 Å². The summed E-state index contributed by atoms with van der Waals surface area (Å²) in [6, 6.07) is 6.95. The van der Waals surface area contributed by atoms with Gasteiger partial charge in [0.15, 0.2) is 15.0 Å². The molecule has 112 valence electrons. The number of carbonyl (C=O) groups is 1. The van der Waals surface area contributed by atoms with E-state index in [1.165, 1.54) is 18.7 Å². The Hall–Kier alpha value is -1.05. The standard InChI is InChI=1S/C13H13ClN2O3S2/c1-8(17)15-13-16(10-4-2-3-9(14)5-10)11-6-21(18,19)7-12(11)20-13/h2-5,11-12H,6-7H2,1H3/t11-,12-/m1/s1. The van der Waals surface area contributed by atoms with Gasteiger partial charge in [-0.15, -0.1) is 0 Å². The first-order valence-corrected chi connectivity index (χ1v) is 9.45. The van der Waals surface area contributed by atoms with Crippen molar-refractivity contribution in [2.75, 3.05) is 16.4 Å². The van der Waals surface area contributed by atoms with E-state index in [-0.39, 0.29) is 28.7 Å². The maximum Gasteiger partial charge on any atom is 0.244 e. The molecule has 0 radical (unpaired) electrons. The second-order valence-corrected chi connectivity index (χ2v) is 8.86. The molecule has 0 N–H and O–H groups in total. The second-order valence-electron chi connectivity index (χ2n) is 5.06. The predicted octanol–water partition coefficient (Wildman–Crippen LogP) is 1.96. The number of benzene rings is 1. The summed E-state index contributed by atoms with van der Waals surface area (Å²) >= 11 is 7.37. The van der Waals surface area contributed by atoms with E-state index in [9.17, 15) is 13.2 Å². The number of thioether (sulfide) groups is 1. The van der Waals surface area contributed by atoms with Crippen LogP contribution in [0.3, 0.4) is 0 Å². The third-order valence-corrected chi connectivity index (χ3v) is 6.85. The number of amidine groups is 1. The lowest BCUT2D eigenvalue weighted by Gasteiger charge is -2.24. The van der Waals surface area contributed by atoms with E-state index in [4.69, 9.17) is 11.6 Å². The van der Waals surface area contributed by atoms with Crippen molar-refractivity contribution < 1.29 is 13.2 Å². The third kappa shape index (κ3) is 2.95. The minimum atomic E-state index is -3.04. The first kappa shape index (κ1) is 14.9. The molecule has 2 aliphatic rings. The van der Waals surface area contributed by atoms with Crippen molar-refractivity contribution in [2.24, 2.45) is 4.99 Å². The molecule has 1 aromatic rings. The molecule has 21 heavy (non-hydrogen) atoms. The number of rotatable bonds is 1. The van der Waals surface area contributed by atoms with E-state index in [1.807, 2.05) is 11.0 Å². The second kappa shape index (κ2) is 5.30. The number of halogens is 1. The Morgan fingerprint density at radius 2 is 2.19 bits per heavy atom. The molecule has 3 rings (SSSR count). The van der Waals surface area contributed by atoms with Crippen LogP contribution in [0.1, 0.15) is 6.92 Å². The van der Waals surface area contributed by atoms with Crippen molar-refractivity contribution in [1.82, 2.24) is 0 Å². The van der Waals surface area contributed by atoms with Gasteiger partial charge in [0.25, 0.3) is 0 Å². The zero-order valence-corrected chi connectivity index (χ0v) is 13.6. The van der Waals surface area contributed by atoms with Gasteiger partial charge in [-0.2, -0.15) is 4.99 Å². The average Bonchev–Trinajstić information content (AvgIpc) is 2.79. The van der Waals surface area contributed by atoms with Crippen LogP contribution >= 0.6 is 23.4 Å². The van der Waals surface area contributed by atoms with Crippen molar-refractivity contribution in [2.45, 2.75) is 18.2 Å². The minimum Gasteiger partial charge on any atom is -0.316 e. The molecule has 5 nitrogen and oxygen atoms in total. The number of sulfone groups is 1. The van der Waals surface area contributed by atoms with E-state index in [0.29, 0.717) is 10.2 Å². The van der Waals surface area contributed by atoms with Gasteiger partial charge >= 0.3 is 0 Å². The Bertz CT molecular complexity index is 733. The van der Waals surface area contributed by atoms with Crippen LogP contribution in [-0.2, 0) is 14.6 Å². The predicted molar refractivity (Wildman–Crippen MR) is 85.9 cm³/mol. The fourth-order valence-electron chi connectivity index (χ4n) is 2.63. The number of hydrogen-bond acceptors (Lipinski definition) is 4. The fraction of sp³-hybridized carbons (Fsp3) is 0.385. The van der Waals surface area contributed by atoms with E-state index in [1.54, 1.807) is 18.2 Å². The van der Waals surface area contributed by atoms with Crippen LogP contribution < -0.4 is 4.90 Å². The summed E-state index contributed by atoms with van der Waals surface area (Å²) in [5.74, 6) is -0.0999. The zero-order chi connectivity index (χ0) is 15.2. The first-order chi connectivity index (χ1) is 9.85. The van der Waals surface area contributed by atoms with Crippen molar-refractivity contribution in [3.8, 4) is 0 Å². The van der Waals surface area contributed by atoms with Crippen LogP contribution in [0.2, 0.25) is 5.02 Å². The molecule has 0 unspecified atom stereocenters. The molecule has 0 aromatic heterocycles. The Kier molecular flexibility index (Phi) is 3.75. The van der Waals surface area contributed by atoms with Crippen molar-refractivity contribution >= 4 is 50.0 Å². The van der Waals surface area contributed by atoms with Gasteiger partial charge < -0.3 is 4.90 Å². The van der Waals surface area contributed by atoms with Crippen LogP contribution in [-0.4, -0.2) is 42.3 Å². The summed E-state index contributed by atoms with van der Waals surface area (Å²) in [6.45, 7) is 1.38. The number of amides is 1. The molecule has 0 bridgehead atoms. The van der Waals surface area contributed by atoms with Crippen LogP contribution in [0.25, 0.3) is 0 Å². The summed E-state index contributed by atoms with van der Waals surface area (Å²) in [5, 5.41) is 1.02. The summed E-state index contributed by atoms with van der Waals surface area (Å²) in [6.07, 6.45) is 0. The Labute approximate surface area is 132 Å². The molecule has 8 heteroatoms. The highest BCUT2D eigenvalue weighted by atomic mass is 35.5. The number of aliphatic imine (C=N–C) groups is 1. The van der Waals surface area contributed by atoms with Crippen LogP contribution in [0.15, 0.2) is 29.3 Å². The van der Waals surface area contributed by atoms with Crippen molar-refractivity contribution in [3.63, 3.8) is 0 Å². The molecule has 0 spiro atoms. The minimum absolute atomic E-state index is 0.0775. The highest BCUT2D eigenvalue weighted by Gasteiger charge is 2.49. The molecule has 1 amide bonds. The van der Waals surface area contributed by atoms with Crippen molar-refractivity contribution in [3.05, 3.63) is 29.3 Å². The Morgan fingerprint density at radius 1 is 1.43 bits per heavy atom. The molecule has 2 heterocycles. The molecule has 2 saturated heterocycles. The average molecular weight is 345 g/mol. The maximum atomic E-state index is 11.8. The summed E-state index contributed by atoms with van der Waals surface area (Å²) in [4.78, 5) is 17.2. The summed E-state index contributed by atoms with van der Waals surface area (Å²) < 4.78 is 23.7. The van der Waals surface area contributed by atoms with Gasteiger partial charge in [-0.3, -0.25) is 4.79 Å². The Morgan fingerprint density at radius 3 is 2.86 bits per heavy atom. The summed E-state index contributed by atoms with van der Waals surface area (Å²) in [7, 11) is -3.04. The largest absolute Gasteiger partial charge is 0.316 e. The van der Waals surface area contributed by atoms with Gasteiger partial charge in [-0.05, 0) is 18.2 Å². The van der Waals surface area contributed by atoms with E-state index >= 15 is 0 Å². The molecule has 2 aliphatic heterocycles. The third-order valence-electron chi connectivity index (χ3n) is 3.41. The Balaban J connectivity index is 2.05. The number of anilines is 1. The maximum absolute atomic E-state index is 11.8. The van der Waals surface area contributed by atoms with Crippen LogP contribution in [0.4, 0.5) is 5.69 Å². The lowest BCUT2D eigenvalue weighted by molar-refractivity contribution is -0.115. The molecule has 2 fully saturated rings. The normalized spacial score (nSPS) is 28.9. The van der Waals surface area contributed by atoms with Gasteiger partial charge in [0.05, 0.1) is 17.5 Å².